The van der Waals surface area contributed by atoms with E-state index in [2.05, 4.69) is 9.71 Å². The Kier molecular flexibility index (Phi) is 2.01. The Balaban J connectivity index is 2.79. The summed E-state index contributed by atoms with van der Waals surface area (Å²) in [5, 5.41) is 1.14. The molecule has 0 aromatic rings. The molecule has 0 bridgehead atoms. The highest BCUT2D eigenvalue weighted by Gasteiger charge is 2.18. The molecular formula is C4H10N4O2S. The standard InChI is InChI=1S/C4H10N4O2S/c1-8(5)4-6-2-3-11(9,10)7-4/h2-3,5H2,1H3,(H,6,7). The molecular weight excluding hydrogens is 168 g/mol. The van der Waals surface area contributed by atoms with Crippen LogP contribution in [0, 0.1) is 0 Å². The monoisotopic (exact) mass is 178 g/mol. The zero-order valence-corrected chi connectivity index (χ0v) is 6.93. The number of nitrogens with zero attached hydrogens (tertiary/aromatic N) is 2. The minimum Gasteiger partial charge on any atom is -0.283 e. The smallest absolute Gasteiger partial charge is 0.236 e. The number of nitrogens with one attached hydrogen (secondary N) is 1. The summed E-state index contributed by atoms with van der Waals surface area (Å²) in [6.45, 7) is 0.270. The first kappa shape index (κ1) is 8.28. The predicted molar refractivity (Wildman–Crippen MR) is 41.2 cm³/mol. The lowest BCUT2D eigenvalue weighted by Gasteiger charge is -2.19. The Morgan fingerprint density at radius 1 is 1.73 bits per heavy atom. The van der Waals surface area contributed by atoms with Crippen LogP contribution in [0.2, 0.25) is 0 Å². The van der Waals surface area contributed by atoms with Gasteiger partial charge in [0, 0.05) is 7.05 Å². The number of nitrogens with two attached hydrogens (primary N) is 1. The van der Waals surface area contributed by atoms with Crippen molar-refractivity contribution in [2.75, 3.05) is 19.3 Å². The third-order valence-corrected chi connectivity index (χ3v) is 2.42. The van der Waals surface area contributed by atoms with Gasteiger partial charge in [0.15, 0.2) is 0 Å². The molecule has 0 aromatic heterocycles. The van der Waals surface area contributed by atoms with Crippen LogP contribution in [-0.4, -0.2) is 38.7 Å². The summed E-state index contributed by atoms with van der Waals surface area (Å²) in [5.74, 6) is 5.49. The molecule has 0 saturated heterocycles. The zero-order valence-electron chi connectivity index (χ0n) is 6.11. The molecule has 64 valence electrons. The minimum absolute atomic E-state index is 0.0321. The van der Waals surface area contributed by atoms with Gasteiger partial charge in [0.1, 0.15) is 0 Å². The quantitative estimate of drug-likeness (QED) is 0.334. The molecule has 0 saturated carbocycles. The van der Waals surface area contributed by atoms with Crippen molar-refractivity contribution in [3.63, 3.8) is 0 Å². The summed E-state index contributed by atoms with van der Waals surface area (Å²) in [4.78, 5) is 3.85. The maximum atomic E-state index is 10.9. The lowest BCUT2D eigenvalue weighted by molar-refractivity contribution is 0.513. The van der Waals surface area contributed by atoms with E-state index in [1.165, 1.54) is 7.05 Å². The Bertz CT molecular complexity index is 268. The second-order valence-corrected chi connectivity index (χ2v) is 4.08. The van der Waals surface area contributed by atoms with Gasteiger partial charge in [-0.25, -0.2) is 14.3 Å². The van der Waals surface area contributed by atoms with E-state index in [4.69, 9.17) is 5.84 Å². The van der Waals surface area contributed by atoms with E-state index in [1.807, 2.05) is 0 Å². The minimum atomic E-state index is -3.18. The zero-order chi connectivity index (χ0) is 8.48. The third kappa shape index (κ3) is 2.05. The van der Waals surface area contributed by atoms with Gasteiger partial charge in [-0.3, -0.25) is 14.7 Å². The number of aliphatic imine (C=N–C) groups is 1. The number of hydrogen-bond donors (Lipinski definition) is 2. The van der Waals surface area contributed by atoms with Gasteiger partial charge in [0.2, 0.25) is 16.0 Å². The molecule has 0 atom stereocenters. The van der Waals surface area contributed by atoms with Gasteiger partial charge in [0.05, 0.1) is 12.3 Å². The van der Waals surface area contributed by atoms with Crippen molar-refractivity contribution >= 4 is 16.0 Å². The molecule has 0 radical (unpaired) electrons. The summed E-state index contributed by atoms with van der Waals surface area (Å²) in [6, 6.07) is 0. The topological polar surface area (TPSA) is 87.8 Å². The molecule has 0 spiro atoms. The number of hydrogen-bond acceptors (Lipinski definition) is 5. The number of sulfonamides is 1. The normalized spacial score (nSPS) is 21.8. The summed E-state index contributed by atoms with van der Waals surface area (Å²) >= 11 is 0. The van der Waals surface area contributed by atoms with E-state index in [0.29, 0.717) is 0 Å². The SMILES string of the molecule is CN(N)C1=NCCS(=O)(=O)N1. The van der Waals surface area contributed by atoms with E-state index in [1.54, 1.807) is 0 Å². The molecule has 6 nitrogen and oxygen atoms in total. The molecule has 1 rings (SSSR count). The van der Waals surface area contributed by atoms with E-state index < -0.39 is 10.0 Å². The van der Waals surface area contributed by atoms with Crippen molar-refractivity contribution in [1.29, 1.82) is 0 Å². The van der Waals surface area contributed by atoms with E-state index >= 15 is 0 Å². The van der Waals surface area contributed by atoms with E-state index in [0.717, 1.165) is 5.01 Å². The summed E-state index contributed by atoms with van der Waals surface area (Å²) in [5.41, 5.74) is 0. The first-order valence-corrected chi connectivity index (χ1v) is 4.70. The second kappa shape index (κ2) is 2.67. The van der Waals surface area contributed by atoms with Crippen LogP contribution in [0.4, 0.5) is 0 Å². The highest BCUT2D eigenvalue weighted by atomic mass is 32.2. The maximum Gasteiger partial charge on any atom is 0.236 e. The predicted octanol–water partition coefficient (Wildman–Crippen LogP) is -1.92. The lowest BCUT2D eigenvalue weighted by atomic mass is 10.7. The average molecular weight is 178 g/mol. The van der Waals surface area contributed by atoms with Crippen LogP contribution in [0.25, 0.3) is 0 Å². The van der Waals surface area contributed by atoms with Gasteiger partial charge in [-0.05, 0) is 0 Å². The van der Waals surface area contributed by atoms with Crippen LogP contribution in [0.5, 0.6) is 0 Å². The van der Waals surface area contributed by atoms with Crippen molar-refractivity contribution in [3.05, 3.63) is 0 Å². The highest BCUT2D eigenvalue weighted by Crippen LogP contribution is 1.93. The van der Waals surface area contributed by atoms with Crippen molar-refractivity contribution in [2.45, 2.75) is 0 Å². The van der Waals surface area contributed by atoms with Gasteiger partial charge >= 0.3 is 0 Å². The molecule has 0 amide bonds. The van der Waals surface area contributed by atoms with Crippen LogP contribution in [0.1, 0.15) is 0 Å². The summed E-state index contributed by atoms with van der Waals surface area (Å²) in [6.07, 6.45) is 0. The molecule has 1 aliphatic rings. The van der Waals surface area contributed by atoms with Gasteiger partial charge in [-0.1, -0.05) is 0 Å². The molecule has 0 unspecified atom stereocenters. The van der Waals surface area contributed by atoms with Crippen LogP contribution >= 0.6 is 0 Å². The number of guanidine groups is 1. The van der Waals surface area contributed by atoms with Crippen LogP contribution in [0.15, 0.2) is 4.99 Å². The molecule has 0 aromatic carbocycles. The third-order valence-electron chi connectivity index (χ3n) is 1.20. The van der Waals surface area contributed by atoms with Crippen LogP contribution in [0.3, 0.4) is 0 Å². The Morgan fingerprint density at radius 3 is 2.73 bits per heavy atom. The fourth-order valence-corrected chi connectivity index (χ4v) is 1.60. The molecule has 0 fully saturated rings. The summed E-state index contributed by atoms with van der Waals surface area (Å²) in [7, 11) is -1.66. The highest BCUT2D eigenvalue weighted by molar-refractivity contribution is 7.90. The number of hydrazine groups is 1. The van der Waals surface area contributed by atoms with Crippen LogP contribution in [-0.2, 0) is 10.0 Å². The van der Waals surface area contributed by atoms with E-state index in [-0.39, 0.29) is 18.3 Å². The molecule has 11 heavy (non-hydrogen) atoms. The molecule has 0 aliphatic carbocycles. The first-order chi connectivity index (χ1) is 5.01. The van der Waals surface area contributed by atoms with Crippen molar-refractivity contribution in [3.8, 4) is 0 Å². The second-order valence-electron chi connectivity index (χ2n) is 2.24. The Morgan fingerprint density at radius 2 is 2.36 bits per heavy atom. The first-order valence-electron chi connectivity index (χ1n) is 3.04. The largest absolute Gasteiger partial charge is 0.283 e. The maximum absolute atomic E-state index is 10.9. The van der Waals surface area contributed by atoms with Crippen molar-refractivity contribution in [2.24, 2.45) is 10.8 Å². The number of rotatable bonds is 0. The van der Waals surface area contributed by atoms with Crippen molar-refractivity contribution in [1.82, 2.24) is 9.73 Å². The van der Waals surface area contributed by atoms with E-state index in [9.17, 15) is 8.42 Å². The Hall–Kier alpha value is -0.820. The fraction of sp³-hybridized carbons (Fsp3) is 0.750. The molecule has 3 N–H and O–H groups in total. The molecule has 7 heteroatoms. The fourth-order valence-electron chi connectivity index (χ4n) is 0.678. The Labute approximate surface area is 65.1 Å². The van der Waals surface area contributed by atoms with Gasteiger partial charge < -0.3 is 0 Å². The van der Waals surface area contributed by atoms with Gasteiger partial charge in [-0.15, -0.1) is 0 Å². The van der Waals surface area contributed by atoms with Crippen LogP contribution < -0.4 is 10.6 Å². The van der Waals surface area contributed by atoms with Crippen molar-refractivity contribution < 1.29 is 8.42 Å². The van der Waals surface area contributed by atoms with Gasteiger partial charge in [0.25, 0.3) is 0 Å². The lowest BCUT2D eigenvalue weighted by Crippen LogP contribution is -2.49. The average Bonchev–Trinajstić information content (AvgIpc) is 1.85. The molecule has 1 heterocycles. The molecule has 1 aliphatic heterocycles. The summed E-state index contributed by atoms with van der Waals surface area (Å²) < 4.78 is 24.0. The van der Waals surface area contributed by atoms with Gasteiger partial charge in [-0.2, -0.15) is 0 Å².